The van der Waals surface area contributed by atoms with Crippen molar-refractivity contribution < 1.29 is 0 Å². The molecule has 0 aliphatic heterocycles. The predicted octanol–water partition coefficient (Wildman–Crippen LogP) is 2.94. The summed E-state index contributed by atoms with van der Waals surface area (Å²) < 4.78 is 0. The molecule has 1 aromatic rings. The van der Waals surface area contributed by atoms with E-state index in [4.69, 9.17) is 0 Å². The molecule has 1 rings (SSSR count). The number of hydrogen-bond donors (Lipinski definition) is 1. The maximum absolute atomic E-state index is 4.62. The average Bonchev–Trinajstić information content (AvgIpc) is 2.34. The summed E-state index contributed by atoms with van der Waals surface area (Å²) in [6.45, 7) is 6.00. The molecule has 0 saturated carbocycles. The summed E-state index contributed by atoms with van der Waals surface area (Å²) in [5.41, 5.74) is 1.34. The Morgan fingerprint density at radius 3 is 2.39 bits per heavy atom. The lowest BCUT2D eigenvalue weighted by atomic mass is 10.0. The molecular weight excluding hydrogens is 337 g/mol. The van der Waals surface area contributed by atoms with Crippen molar-refractivity contribution in [3.05, 3.63) is 35.9 Å². The molecule has 1 unspecified atom stereocenters. The van der Waals surface area contributed by atoms with Gasteiger partial charge in [-0.15, -0.1) is 24.0 Å². The second-order valence-corrected chi connectivity index (χ2v) is 4.40. The molecular formula is C14H24IN3. The second-order valence-electron chi connectivity index (χ2n) is 4.40. The number of benzene rings is 1. The summed E-state index contributed by atoms with van der Waals surface area (Å²) in [6, 6.07) is 10.5. The first-order valence-corrected chi connectivity index (χ1v) is 6.15. The summed E-state index contributed by atoms with van der Waals surface area (Å²) in [7, 11) is 4.02. The Hall–Kier alpha value is -0.780. The van der Waals surface area contributed by atoms with Crippen molar-refractivity contribution in [2.45, 2.75) is 19.8 Å². The molecule has 0 amide bonds. The van der Waals surface area contributed by atoms with E-state index >= 15 is 0 Å². The van der Waals surface area contributed by atoms with Gasteiger partial charge in [0.25, 0.3) is 0 Å². The van der Waals surface area contributed by atoms with Crippen LogP contribution in [0.3, 0.4) is 0 Å². The van der Waals surface area contributed by atoms with Crippen molar-refractivity contribution in [3.63, 3.8) is 0 Å². The summed E-state index contributed by atoms with van der Waals surface area (Å²) in [4.78, 5) is 6.64. The van der Waals surface area contributed by atoms with Crippen molar-refractivity contribution in [3.8, 4) is 0 Å². The highest BCUT2D eigenvalue weighted by atomic mass is 127. The van der Waals surface area contributed by atoms with Gasteiger partial charge in [-0.1, -0.05) is 37.3 Å². The molecule has 3 nitrogen and oxygen atoms in total. The van der Waals surface area contributed by atoms with Gasteiger partial charge in [0.15, 0.2) is 5.96 Å². The molecule has 0 spiro atoms. The van der Waals surface area contributed by atoms with Crippen LogP contribution in [-0.4, -0.2) is 38.0 Å². The molecule has 0 heterocycles. The number of hydrogen-bond acceptors (Lipinski definition) is 1. The van der Waals surface area contributed by atoms with Crippen LogP contribution in [-0.2, 0) is 0 Å². The molecule has 0 aliphatic carbocycles. The minimum atomic E-state index is 0. The summed E-state index contributed by atoms with van der Waals surface area (Å²) in [5, 5.41) is 3.26. The first kappa shape index (κ1) is 17.2. The number of guanidine groups is 1. The Morgan fingerprint density at radius 2 is 1.89 bits per heavy atom. The van der Waals surface area contributed by atoms with E-state index in [0.717, 1.165) is 19.0 Å². The quantitative estimate of drug-likeness (QED) is 0.507. The van der Waals surface area contributed by atoms with Gasteiger partial charge in [0.05, 0.1) is 0 Å². The zero-order valence-corrected chi connectivity index (χ0v) is 14.0. The largest absolute Gasteiger partial charge is 0.357 e. The van der Waals surface area contributed by atoms with Gasteiger partial charge >= 0.3 is 0 Å². The fourth-order valence-corrected chi connectivity index (χ4v) is 1.62. The van der Waals surface area contributed by atoms with Crippen LogP contribution in [0.15, 0.2) is 35.3 Å². The molecule has 0 fully saturated rings. The fraction of sp³-hybridized carbons (Fsp3) is 0.500. The Bertz CT molecular complexity index is 349. The minimum absolute atomic E-state index is 0. The van der Waals surface area contributed by atoms with Crippen molar-refractivity contribution >= 4 is 29.9 Å². The molecule has 0 saturated heterocycles. The molecule has 1 N–H and O–H groups in total. The van der Waals surface area contributed by atoms with Crippen LogP contribution in [0.1, 0.15) is 25.3 Å². The van der Waals surface area contributed by atoms with E-state index in [1.54, 1.807) is 0 Å². The normalized spacial score (nSPS) is 12.6. The van der Waals surface area contributed by atoms with E-state index in [9.17, 15) is 0 Å². The lowest BCUT2D eigenvalue weighted by Gasteiger charge is -2.18. The zero-order valence-electron chi connectivity index (χ0n) is 11.7. The van der Waals surface area contributed by atoms with E-state index < -0.39 is 0 Å². The third-order valence-electron chi connectivity index (χ3n) is 2.64. The summed E-state index contributed by atoms with van der Waals surface area (Å²) >= 11 is 0. The molecule has 102 valence electrons. The van der Waals surface area contributed by atoms with Gasteiger partial charge in [-0.05, 0) is 12.5 Å². The third kappa shape index (κ3) is 5.71. The maximum Gasteiger partial charge on any atom is 0.193 e. The Balaban J connectivity index is 0.00000289. The Morgan fingerprint density at radius 1 is 1.28 bits per heavy atom. The van der Waals surface area contributed by atoms with Gasteiger partial charge in [0.2, 0.25) is 0 Å². The van der Waals surface area contributed by atoms with Crippen LogP contribution in [0.4, 0.5) is 0 Å². The van der Waals surface area contributed by atoms with Crippen LogP contribution in [0.2, 0.25) is 0 Å². The monoisotopic (exact) mass is 361 g/mol. The number of halogens is 1. The highest BCUT2D eigenvalue weighted by molar-refractivity contribution is 14.0. The number of nitrogens with zero attached hydrogens (tertiary/aromatic N) is 2. The Labute approximate surface area is 128 Å². The van der Waals surface area contributed by atoms with E-state index in [1.807, 2.05) is 25.1 Å². The van der Waals surface area contributed by atoms with Crippen LogP contribution in [0.5, 0.6) is 0 Å². The van der Waals surface area contributed by atoms with Crippen molar-refractivity contribution in [1.82, 2.24) is 10.2 Å². The third-order valence-corrected chi connectivity index (χ3v) is 2.64. The van der Waals surface area contributed by atoms with E-state index in [1.165, 1.54) is 5.56 Å². The van der Waals surface area contributed by atoms with E-state index in [0.29, 0.717) is 5.92 Å². The van der Waals surface area contributed by atoms with E-state index in [2.05, 4.69) is 48.4 Å². The highest BCUT2D eigenvalue weighted by Gasteiger charge is 2.05. The summed E-state index contributed by atoms with van der Waals surface area (Å²) in [6.07, 6.45) is 0. The van der Waals surface area contributed by atoms with Gasteiger partial charge in [-0.2, -0.15) is 0 Å². The van der Waals surface area contributed by atoms with Crippen LogP contribution in [0, 0.1) is 0 Å². The predicted molar refractivity (Wildman–Crippen MR) is 89.9 cm³/mol. The van der Waals surface area contributed by atoms with Gasteiger partial charge < -0.3 is 10.2 Å². The van der Waals surface area contributed by atoms with Crippen molar-refractivity contribution in [1.29, 1.82) is 0 Å². The SMILES string of the molecule is CCNC(=NCC(C)c1ccccc1)N(C)C.I. The lowest BCUT2D eigenvalue weighted by molar-refractivity contribution is 0.580. The molecule has 1 atom stereocenters. The summed E-state index contributed by atoms with van der Waals surface area (Å²) in [5.74, 6) is 1.40. The number of aliphatic imine (C=N–C) groups is 1. The first-order valence-electron chi connectivity index (χ1n) is 6.15. The highest BCUT2D eigenvalue weighted by Crippen LogP contribution is 2.14. The first-order chi connectivity index (χ1) is 8.15. The molecule has 0 bridgehead atoms. The second kappa shape index (κ2) is 9.19. The van der Waals surface area contributed by atoms with Crippen molar-refractivity contribution in [2.24, 2.45) is 4.99 Å². The molecule has 4 heteroatoms. The lowest BCUT2D eigenvalue weighted by Crippen LogP contribution is -2.36. The Kier molecular flexibility index (Phi) is 8.79. The molecule has 18 heavy (non-hydrogen) atoms. The number of rotatable bonds is 4. The maximum atomic E-state index is 4.62. The van der Waals surface area contributed by atoms with Gasteiger partial charge in [0, 0.05) is 33.1 Å². The molecule has 0 aliphatic rings. The van der Waals surface area contributed by atoms with Crippen molar-refractivity contribution in [2.75, 3.05) is 27.2 Å². The minimum Gasteiger partial charge on any atom is -0.357 e. The standard InChI is InChI=1S/C14H23N3.HI/c1-5-15-14(17(3)4)16-11-12(2)13-9-7-6-8-10-13;/h6-10,12H,5,11H2,1-4H3,(H,15,16);1H. The van der Waals surface area contributed by atoms with Gasteiger partial charge in [-0.25, -0.2) is 0 Å². The zero-order chi connectivity index (χ0) is 12.7. The van der Waals surface area contributed by atoms with Gasteiger partial charge in [-0.3, -0.25) is 4.99 Å². The smallest absolute Gasteiger partial charge is 0.193 e. The van der Waals surface area contributed by atoms with Crippen LogP contribution in [0.25, 0.3) is 0 Å². The van der Waals surface area contributed by atoms with Crippen LogP contribution < -0.4 is 5.32 Å². The molecule has 1 aromatic carbocycles. The molecule has 0 radical (unpaired) electrons. The molecule has 0 aromatic heterocycles. The topological polar surface area (TPSA) is 27.6 Å². The fourth-order valence-electron chi connectivity index (χ4n) is 1.62. The van der Waals surface area contributed by atoms with Crippen LogP contribution >= 0.6 is 24.0 Å². The number of nitrogens with one attached hydrogen (secondary N) is 1. The van der Waals surface area contributed by atoms with E-state index in [-0.39, 0.29) is 24.0 Å². The average molecular weight is 361 g/mol. The van der Waals surface area contributed by atoms with Gasteiger partial charge in [0.1, 0.15) is 0 Å².